The zero-order valence-electron chi connectivity index (χ0n) is 17.6. The van der Waals surface area contributed by atoms with Crippen LogP contribution in [0.4, 0.5) is 9.52 Å². The van der Waals surface area contributed by atoms with Crippen molar-refractivity contribution in [3.8, 4) is 0 Å². The van der Waals surface area contributed by atoms with Crippen molar-refractivity contribution in [2.45, 2.75) is 25.3 Å². The van der Waals surface area contributed by atoms with Crippen LogP contribution in [0.15, 0.2) is 71.6 Å². The Morgan fingerprint density at radius 3 is 2.38 bits per heavy atom. The lowest BCUT2D eigenvalue weighted by Crippen LogP contribution is -2.35. The minimum Gasteiger partial charge on any atom is -0.283 e. The molecule has 1 aromatic heterocycles. The lowest BCUT2D eigenvalue weighted by atomic mass is 10.1. The van der Waals surface area contributed by atoms with E-state index < -0.39 is 27.3 Å². The van der Waals surface area contributed by atoms with Gasteiger partial charge >= 0.3 is 0 Å². The predicted octanol–water partition coefficient (Wildman–Crippen LogP) is 5.06. The first-order chi connectivity index (χ1) is 15.2. The summed E-state index contributed by atoms with van der Waals surface area (Å²) in [4.78, 5) is 19.3. The number of rotatable bonds is 6. The van der Waals surface area contributed by atoms with Gasteiger partial charge in [-0.05, 0) is 60.9 Å². The molecule has 4 rings (SSSR count). The number of hydrogen-bond donors (Lipinski definition) is 0. The molecule has 0 unspecified atom stereocenters. The van der Waals surface area contributed by atoms with Gasteiger partial charge in [-0.15, -0.1) is 0 Å². The summed E-state index contributed by atoms with van der Waals surface area (Å²) >= 11 is 1.35. The van der Waals surface area contributed by atoms with Gasteiger partial charge in [-0.25, -0.2) is 17.8 Å². The highest BCUT2D eigenvalue weighted by atomic mass is 32.2. The number of halogens is 1. The standard InChI is InChI=1S/C24H21FN2O3S2/c1-16-8-13-21-23(17(16)2)26-24(31-21)27(14-18-6-4-3-5-7-18)22(28)15-32(29,30)20-11-9-19(25)10-12-20/h3-13H,14-15H2,1-2H3. The molecule has 1 amide bonds. The summed E-state index contributed by atoms with van der Waals surface area (Å²) in [5.74, 6) is -1.87. The Labute approximate surface area is 190 Å². The minimum absolute atomic E-state index is 0.0947. The molecule has 0 radical (unpaired) electrons. The maximum Gasteiger partial charge on any atom is 0.244 e. The van der Waals surface area contributed by atoms with Gasteiger partial charge in [0.2, 0.25) is 5.91 Å². The zero-order chi connectivity index (χ0) is 22.9. The Hall–Kier alpha value is -3.10. The fraction of sp³-hybridized carbons (Fsp3) is 0.167. The molecule has 32 heavy (non-hydrogen) atoms. The molecule has 0 saturated heterocycles. The molecule has 0 fully saturated rings. The van der Waals surface area contributed by atoms with E-state index in [0.29, 0.717) is 5.13 Å². The van der Waals surface area contributed by atoms with Crippen LogP contribution in [0.25, 0.3) is 10.2 Å². The van der Waals surface area contributed by atoms with Crippen LogP contribution < -0.4 is 4.90 Å². The number of aryl methyl sites for hydroxylation is 2. The largest absolute Gasteiger partial charge is 0.283 e. The topological polar surface area (TPSA) is 67.3 Å². The number of benzene rings is 3. The van der Waals surface area contributed by atoms with E-state index in [0.717, 1.165) is 39.0 Å². The van der Waals surface area contributed by atoms with E-state index >= 15 is 0 Å². The van der Waals surface area contributed by atoms with Crippen molar-refractivity contribution in [1.29, 1.82) is 0 Å². The van der Waals surface area contributed by atoms with E-state index in [9.17, 15) is 17.6 Å². The van der Waals surface area contributed by atoms with E-state index in [4.69, 9.17) is 0 Å². The average Bonchev–Trinajstić information content (AvgIpc) is 3.20. The lowest BCUT2D eigenvalue weighted by molar-refractivity contribution is -0.116. The van der Waals surface area contributed by atoms with Gasteiger partial charge in [0.25, 0.3) is 0 Å². The number of carbonyl (C=O) groups is 1. The highest BCUT2D eigenvalue weighted by Crippen LogP contribution is 2.33. The van der Waals surface area contributed by atoms with Gasteiger partial charge in [0.15, 0.2) is 15.0 Å². The predicted molar refractivity (Wildman–Crippen MR) is 125 cm³/mol. The summed E-state index contributed by atoms with van der Waals surface area (Å²) in [7, 11) is -3.95. The SMILES string of the molecule is Cc1ccc2sc(N(Cc3ccccc3)C(=O)CS(=O)(=O)c3ccc(F)cc3)nc2c1C. The number of carbonyl (C=O) groups excluding carboxylic acids is 1. The highest BCUT2D eigenvalue weighted by molar-refractivity contribution is 7.92. The second-order valence-electron chi connectivity index (χ2n) is 7.53. The highest BCUT2D eigenvalue weighted by Gasteiger charge is 2.27. The van der Waals surface area contributed by atoms with E-state index in [1.54, 1.807) is 0 Å². The van der Waals surface area contributed by atoms with Crippen molar-refractivity contribution in [2.24, 2.45) is 0 Å². The molecule has 0 saturated carbocycles. The summed E-state index contributed by atoms with van der Waals surface area (Å²) in [6.45, 7) is 4.16. The van der Waals surface area contributed by atoms with Crippen LogP contribution in [0.2, 0.25) is 0 Å². The van der Waals surface area contributed by atoms with E-state index in [1.165, 1.54) is 28.4 Å². The van der Waals surface area contributed by atoms with Crippen LogP contribution in [0.1, 0.15) is 16.7 Å². The number of nitrogens with zero attached hydrogens (tertiary/aromatic N) is 2. The van der Waals surface area contributed by atoms with Gasteiger partial charge in [-0.1, -0.05) is 47.7 Å². The van der Waals surface area contributed by atoms with Crippen molar-refractivity contribution in [2.75, 3.05) is 10.7 Å². The summed E-state index contributed by atoms with van der Waals surface area (Å²) in [5, 5.41) is 0.442. The van der Waals surface area contributed by atoms with Crippen molar-refractivity contribution in [3.05, 3.63) is 89.2 Å². The van der Waals surface area contributed by atoms with Crippen LogP contribution in [-0.4, -0.2) is 25.1 Å². The number of fused-ring (bicyclic) bond motifs is 1. The Kier molecular flexibility index (Phi) is 6.08. The summed E-state index contributed by atoms with van der Waals surface area (Å²) < 4.78 is 39.8. The zero-order valence-corrected chi connectivity index (χ0v) is 19.2. The van der Waals surface area contributed by atoms with Crippen LogP contribution in [-0.2, 0) is 21.2 Å². The fourth-order valence-corrected chi connectivity index (χ4v) is 5.56. The molecule has 1 heterocycles. The number of hydrogen-bond acceptors (Lipinski definition) is 5. The Bertz CT molecular complexity index is 1380. The first-order valence-electron chi connectivity index (χ1n) is 9.94. The molecule has 164 valence electrons. The maximum absolute atomic E-state index is 13.3. The van der Waals surface area contributed by atoms with Crippen LogP contribution >= 0.6 is 11.3 Å². The lowest BCUT2D eigenvalue weighted by Gasteiger charge is -2.20. The molecule has 4 aromatic rings. The van der Waals surface area contributed by atoms with Crippen molar-refractivity contribution >= 4 is 42.4 Å². The van der Waals surface area contributed by atoms with E-state index in [2.05, 4.69) is 4.98 Å². The van der Waals surface area contributed by atoms with Gasteiger partial charge in [0.1, 0.15) is 11.6 Å². The Balaban J connectivity index is 1.71. The second-order valence-corrected chi connectivity index (χ2v) is 10.5. The molecular formula is C24H21FN2O3S2. The number of thiazole rings is 1. The average molecular weight is 469 g/mol. The van der Waals surface area contributed by atoms with Crippen LogP contribution in [0, 0.1) is 19.7 Å². The van der Waals surface area contributed by atoms with Gasteiger partial charge < -0.3 is 0 Å². The second kappa shape index (κ2) is 8.80. The molecular weight excluding hydrogens is 447 g/mol. The third-order valence-electron chi connectivity index (χ3n) is 5.28. The van der Waals surface area contributed by atoms with Crippen molar-refractivity contribution in [3.63, 3.8) is 0 Å². The third kappa shape index (κ3) is 4.56. The molecule has 3 aromatic carbocycles. The molecule has 0 bridgehead atoms. The van der Waals surface area contributed by atoms with Crippen molar-refractivity contribution < 1.29 is 17.6 Å². The first-order valence-corrected chi connectivity index (χ1v) is 12.4. The molecule has 0 spiro atoms. The number of amides is 1. The first kappa shape index (κ1) is 22.1. The number of anilines is 1. The van der Waals surface area contributed by atoms with Gasteiger partial charge in [-0.3, -0.25) is 9.69 Å². The molecule has 0 aliphatic rings. The normalized spacial score (nSPS) is 11.6. The molecule has 0 aliphatic carbocycles. The van der Waals surface area contributed by atoms with Crippen LogP contribution in [0.3, 0.4) is 0 Å². The van der Waals surface area contributed by atoms with Gasteiger partial charge in [-0.2, -0.15) is 0 Å². The molecule has 8 heteroatoms. The smallest absolute Gasteiger partial charge is 0.244 e. The summed E-state index contributed by atoms with van der Waals surface area (Å²) in [6, 6.07) is 17.8. The van der Waals surface area contributed by atoms with Crippen molar-refractivity contribution in [1.82, 2.24) is 4.98 Å². The quantitative estimate of drug-likeness (QED) is 0.371. The fourth-order valence-electron chi connectivity index (χ4n) is 3.32. The monoisotopic (exact) mass is 468 g/mol. The maximum atomic E-state index is 13.3. The third-order valence-corrected chi connectivity index (χ3v) is 7.94. The minimum atomic E-state index is -3.95. The van der Waals surface area contributed by atoms with E-state index in [-0.39, 0.29) is 11.4 Å². The van der Waals surface area contributed by atoms with Gasteiger partial charge in [0, 0.05) is 0 Å². The summed E-state index contributed by atoms with van der Waals surface area (Å²) in [5.41, 5.74) is 3.77. The number of sulfone groups is 1. The molecule has 0 aliphatic heterocycles. The molecule has 5 nitrogen and oxygen atoms in total. The van der Waals surface area contributed by atoms with E-state index in [1.807, 2.05) is 56.3 Å². The molecule has 0 N–H and O–H groups in total. The Morgan fingerprint density at radius 2 is 1.69 bits per heavy atom. The van der Waals surface area contributed by atoms with Crippen LogP contribution in [0.5, 0.6) is 0 Å². The Morgan fingerprint density at radius 1 is 1.00 bits per heavy atom. The summed E-state index contributed by atoms with van der Waals surface area (Å²) in [6.07, 6.45) is 0. The van der Waals surface area contributed by atoms with Gasteiger partial charge in [0.05, 0.1) is 21.7 Å². The molecule has 0 atom stereocenters. The number of aromatic nitrogens is 1.